The van der Waals surface area contributed by atoms with E-state index in [1.807, 2.05) is 0 Å². The largest absolute Gasteiger partial charge is 0.306 e. The summed E-state index contributed by atoms with van der Waals surface area (Å²) in [6, 6.07) is 4.93. The van der Waals surface area contributed by atoms with Crippen LogP contribution in [0.1, 0.15) is 53.5 Å². The van der Waals surface area contributed by atoms with Gasteiger partial charge in [-0.3, -0.25) is 4.79 Å². The number of likely N-dealkylation sites (N-methyl/N-ethyl adjacent to an activating group) is 1. The van der Waals surface area contributed by atoms with Gasteiger partial charge in [0.15, 0.2) is 17.5 Å². The second kappa shape index (κ2) is 8.52. The van der Waals surface area contributed by atoms with Gasteiger partial charge in [-0.25, -0.2) is 28.2 Å². The number of nitrogens with one attached hydrogen (secondary N) is 1. The third kappa shape index (κ3) is 3.61. The van der Waals surface area contributed by atoms with Gasteiger partial charge in [-0.15, -0.1) is 0 Å². The van der Waals surface area contributed by atoms with Crippen LogP contribution in [0.3, 0.4) is 0 Å². The summed E-state index contributed by atoms with van der Waals surface area (Å²) in [6.45, 7) is 1.78. The van der Waals surface area contributed by atoms with Crippen molar-refractivity contribution in [1.29, 1.82) is 0 Å². The molecule has 2 bridgehead atoms. The third-order valence-electron chi connectivity index (χ3n) is 7.18. The fraction of sp³-hybridized carbons (Fsp3) is 0.360. The summed E-state index contributed by atoms with van der Waals surface area (Å²) < 4.78 is 42.3. The zero-order valence-corrected chi connectivity index (χ0v) is 19.8. The number of piperidine rings is 1. The highest BCUT2D eigenvalue weighted by Gasteiger charge is 2.48. The Kier molecular flexibility index (Phi) is 5.41. The summed E-state index contributed by atoms with van der Waals surface area (Å²) in [4.78, 5) is 19.9. The molecule has 3 atom stereocenters. The number of nitrogens with zero attached hydrogens (tertiary/aromatic N) is 6. The van der Waals surface area contributed by atoms with Crippen molar-refractivity contribution in [3.05, 3.63) is 82.3 Å². The number of aryl methyl sites for hydroxylation is 1. The molecule has 5 heterocycles. The van der Waals surface area contributed by atoms with E-state index in [9.17, 15) is 18.0 Å². The molecule has 36 heavy (non-hydrogen) atoms. The van der Waals surface area contributed by atoms with Crippen LogP contribution in [0, 0.1) is 24.4 Å². The van der Waals surface area contributed by atoms with E-state index in [2.05, 4.69) is 20.5 Å². The molecule has 1 aromatic carbocycles. The van der Waals surface area contributed by atoms with E-state index in [1.165, 1.54) is 4.80 Å². The predicted octanol–water partition coefficient (Wildman–Crippen LogP) is 3.60. The molecule has 186 valence electrons. The second-order valence-corrected chi connectivity index (χ2v) is 9.52. The Balaban J connectivity index is 1.46. The first-order chi connectivity index (χ1) is 17.3. The average Bonchev–Trinajstić information content (AvgIpc) is 3.48. The molecule has 8 nitrogen and oxygen atoms in total. The third-order valence-corrected chi connectivity index (χ3v) is 7.18. The van der Waals surface area contributed by atoms with E-state index >= 15 is 0 Å². The molecule has 0 saturated carbocycles. The van der Waals surface area contributed by atoms with Crippen molar-refractivity contribution in [2.24, 2.45) is 0 Å². The van der Waals surface area contributed by atoms with Gasteiger partial charge >= 0.3 is 0 Å². The molecule has 0 spiro atoms. The Hall–Kier alpha value is -3.57. The number of aromatic nitrogens is 4. The van der Waals surface area contributed by atoms with Gasteiger partial charge in [0.2, 0.25) is 0 Å². The lowest BCUT2D eigenvalue weighted by molar-refractivity contribution is 0.0203. The highest BCUT2D eigenvalue weighted by atomic mass is 19.2. The lowest BCUT2D eigenvalue weighted by Crippen LogP contribution is -2.51. The summed E-state index contributed by atoms with van der Waals surface area (Å²) in [5, 5.41) is 15.1. The minimum atomic E-state index is -1.51. The molecule has 1 N–H and O–H groups in total. The van der Waals surface area contributed by atoms with Crippen molar-refractivity contribution < 1.29 is 18.0 Å². The SMILES string of the molecule is Cc1cc(-n2nccn2)cc(C(=O)N2C3=C(C[C@H]4CCC[C@@H]3N4)C(c3cc(F)c(F)c(F)c3)N2C)n1. The number of amides is 1. The number of rotatable bonds is 3. The van der Waals surface area contributed by atoms with Crippen LogP contribution in [0.5, 0.6) is 0 Å². The topological polar surface area (TPSA) is 79.2 Å². The highest BCUT2D eigenvalue weighted by Crippen LogP contribution is 2.47. The maximum absolute atomic E-state index is 14.3. The Labute approximate surface area is 205 Å². The van der Waals surface area contributed by atoms with Crippen LogP contribution in [0.15, 0.2) is 47.9 Å². The smallest absolute Gasteiger partial charge is 0.291 e. The number of pyridine rings is 1. The van der Waals surface area contributed by atoms with Crippen molar-refractivity contribution in [3.63, 3.8) is 0 Å². The van der Waals surface area contributed by atoms with Crippen molar-refractivity contribution in [1.82, 2.24) is 35.3 Å². The molecule has 1 unspecified atom stereocenters. The van der Waals surface area contributed by atoms with Gasteiger partial charge in [0, 0.05) is 24.8 Å². The van der Waals surface area contributed by atoms with E-state index in [0.717, 1.165) is 42.7 Å². The first kappa shape index (κ1) is 22.9. The Morgan fingerprint density at radius 3 is 2.50 bits per heavy atom. The Morgan fingerprint density at radius 2 is 1.78 bits per heavy atom. The van der Waals surface area contributed by atoms with E-state index in [0.29, 0.717) is 17.8 Å². The fourth-order valence-corrected chi connectivity index (χ4v) is 5.77. The van der Waals surface area contributed by atoms with Gasteiger partial charge in [0.1, 0.15) is 5.69 Å². The van der Waals surface area contributed by atoms with Crippen LogP contribution >= 0.6 is 0 Å². The van der Waals surface area contributed by atoms with Gasteiger partial charge in [-0.2, -0.15) is 15.0 Å². The van der Waals surface area contributed by atoms with Gasteiger partial charge in [-0.05, 0) is 68.0 Å². The maximum atomic E-state index is 14.3. The van der Waals surface area contributed by atoms with Crippen LogP contribution < -0.4 is 5.32 Å². The zero-order valence-electron chi connectivity index (χ0n) is 19.8. The molecule has 11 heteroatoms. The lowest BCUT2D eigenvalue weighted by atomic mass is 9.81. The summed E-state index contributed by atoms with van der Waals surface area (Å²) in [5.74, 6) is -4.39. The molecule has 6 rings (SSSR count). The van der Waals surface area contributed by atoms with Crippen LogP contribution in [0.4, 0.5) is 13.2 Å². The van der Waals surface area contributed by atoms with E-state index in [-0.39, 0.29) is 29.2 Å². The molecule has 1 amide bonds. The van der Waals surface area contributed by atoms with Crippen LogP contribution in [-0.4, -0.2) is 55.0 Å². The second-order valence-electron chi connectivity index (χ2n) is 9.52. The van der Waals surface area contributed by atoms with Gasteiger partial charge in [0.25, 0.3) is 5.91 Å². The van der Waals surface area contributed by atoms with Gasteiger partial charge in [0.05, 0.1) is 29.8 Å². The van der Waals surface area contributed by atoms with Crippen molar-refractivity contribution >= 4 is 5.91 Å². The minimum absolute atomic E-state index is 0.0869. The molecule has 3 aromatic rings. The summed E-state index contributed by atoms with van der Waals surface area (Å²) >= 11 is 0. The van der Waals surface area contributed by atoms with Gasteiger partial charge in [-0.1, -0.05) is 0 Å². The summed E-state index contributed by atoms with van der Waals surface area (Å²) in [7, 11) is 1.70. The standard InChI is InChI=1S/C25H24F3N7O/c1-13-8-16(35-29-6-7-30-35)12-21(31-13)25(36)34-24-17(11-15-4-3-5-20(24)32-15)23(33(34)2)14-9-18(26)22(28)19(27)10-14/h6-10,12,15,20,23,32H,3-5,11H2,1-2H3/t15-,20+,23?/m1/s1. The molecule has 0 radical (unpaired) electrons. The van der Waals surface area contributed by atoms with E-state index < -0.39 is 23.5 Å². The molecule has 2 aromatic heterocycles. The number of halogens is 3. The first-order valence-corrected chi connectivity index (χ1v) is 11.9. The minimum Gasteiger partial charge on any atom is -0.306 e. The van der Waals surface area contributed by atoms with E-state index in [4.69, 9.17) is 0 Å². The summed E-state index contributed by atoms with van der Waals surface area (Å²) in [5.41, 5.74) is 3.34. The number of carbonyl (C=O) groups excluding carboxylic acids is 1. The number of benzene rings is 1. The molecular formula is C25H24F3N7O. The number of hydrogen-bond donors (Lipinski definition) is 1. The van der Waals surface area contributed by atoms with E-state index in [1.54, 1.807) is 48.5 Å². The first-order valence-electron chi connectivity index (χ1n) is 11.9. The highest BCUT2D eigenvalue weighted by molar-refractivity contribution is 5.94. The molecule has 3 aliphatic heterocycles. The molecule has 3 aliphatic rings. The number of carbonyl (C=O) groups is 1. The molecular weight excluding hydrogens is 471 g/mol. The zero-order chi connectivity index (χ0) is 25.1. The average molecular weight is 496 g/mol. The van der Waals surface area contributed by atoms with Gasteiger partial charge < -0.3 is 5.32 Å². The molecule has 0 aliphatic carbocycles. The lowest BCUT2D eigenvalue weighted by Gasteiger charge is -2.39. The number of fused-ring (bicyclic) bond motifs is 3. The quantitative estimate of drug-likeness (QED) is 0.560. The monoisotopic (exact) mass is 495 g/mol. The summed E-state index contributed by atoms with van der Waals surface area (Å²) in [6.07, 6.45) is 6.52. The Bertz CT molecular complexity index is 1370. The Morgan fingerprint density at radius 1 is 1.06 bits per heavy atom. The predicted molar refractivity (Wildman–Crippen MR) is 123 cm³/mol. The maximum Gasteiger partial charge on any atom is 0.291 e. The normalized spacial score (nSPS) is 23.8. The molecule has 1 fully saturated rings. The van der Waals surface area contributed by atoms with Crippen LogP contribution in [-0.2, 0) is 0 Å². The fourth-order valence-electron chi connectivity index (χ4n) is 5.77. The van der Waals surface area contributed by atoms with Crippen molar-refractivity contribution in [3.8, 4) is 5.69 Å². The number of hydrogen-bond acceptors (Lipinski definition) is 6. The molecule has 1 saturated heterocycles. The van der Waals surface area contributed by atoms with Crippen LogP contribution in [0.2, 0.25) is 0 Å². The van der Waals surface area contributed by atoms with Crippen LogP contribution in [0.25, 0.3) is 5.69 Å². The van der Waals surface area contributed by atoms with Crippen molar-refractivity contribution in [2.45, 2.75) is 50.7 Å². The number of hydrazine groups is 1. The van der Waals surface area contributed by atoms with Crippen molar-refractivity contribution in [2.75, 3.05) is 7.05 Å².